The van der Waals surface area contributed by atoms with E-state index in [-0.39, 0.29) is 55.0 Å². The van der Waals surface area contributed by atoms with Crippen molar-refractivity contribution in [2.24, 2.45) is 5.92 Å². The van der Waals surface area contributed by atoms with Gasteiger partial charge in [-0.2, -0.15) is 5.10 Å². The number of carboxylic acids is 1. The number of aromatic nitrogens is 2. The number of rotatable bonds is 10. The van der Waals surface area contributed by atoms with Gasteiger partial charge in [-0.15, -0.1) is 37.2 Å². The molecule has 3 unspecified atom stereocenters. The fourth-order valence-corrected chi connectivity index (χ4v) is 7.07. The summed E-state index contributed by atoms with van der Waals surface area (Å²) in [5, 5.41) is 14.8. The van der Waals surface area contributed by atoms with Crippen LogP contribution in [-0.2, 0) is 17.8 Å². The van der Waals surface area contributed by atoms with Gasteiger partial charge in [-0.3, -0.25) is 14.4 Å². The molecule has 2 aromatic carbocycles. The molecule has 44 heavy (non-hydrogen) atoms. The Bertz CT molecular complexity index is 1330. The molecule has 2 aliphatic rings. The highest BCUT2D eigenvalue weighted by atomic mass is 35.5. The van der Waals surface area contributed by atoms with Gasteiger partial charge >= 0.3 is 5.97 Å². The summed E-state index contributed by atoms with van der Waals surface area (Å²) in [4.78, 5) is 16.6. The molecule has 3 atom stereocenters. The Hall–Kier alpha value is -2.16. The predicted octanol–water partition coefficient (Wildman–Crippen LogP) is 7.44. The highest BCUT2D eigenvalue weighted by Gasteiger charge is 2.44. The third kappa shape index (κ3) is 8.55. The molecule has 0 bridgehead atoms. The van der Waals surface area contributed by atoms with Crippen LogP contribution in [0.5, 0.6) is 0 Å². The van der Waals surface area contributed by atoms with Crippen LogP contribution in [0.1, 0.15) is 80.8 Å². The Kier molecular flexibility index (Phi) is 14.2. The molecule has 5 rings (SSSR count). The van der Waals surface area contributed by atoms with Crippen molar-refractivity contribution in [3.05, 3.63) is 89.0 Å². The summed E-state index contributed by atoms with van der Waals surface area (Å²) in [5.41, 5.74) is 3.86. The number of nitrogens with zero attached hydrogens (tertiary/aromatic N) is 4. The van der Waals surface area contributed by atoms with Crippen molar-refractivity contribution >= 4 is 43.2 Å². The fourth-order valence-electron chi connectivity index (χ4n) is 7.07. The first-order valence-electron chi connectivity index (χ1n) is 15.2. The number of carbonyl (C=O) groups is 1. The topological polar surface area (TPSA) is 61.6 Å². The SMILES string of the molecule is CCn1nc(Cc2ccccc2)cc1C1CCN(CC2CC(N(C)C(C)(C)C(=O)O)CC2c2cccc(F)c2)CC1.Cl.Cl.Cl. The maximum atomic E-state index is 14.2. The van der Waals surface area contributed by atoms with Gasteiger partial charge in [0.05, 0.1) is 5.69 Å². The number of halogens is 4. The van der Waals surface area contributed by atoms with E-state index in [0.29, 0.717) is 11.8 Å². The molecule has 1 aromatic heterocycles. The Balaban J connectivity index is 0.00000225. The van der Waals surface area contributed by atoms with Gasteiger partial charge in [0.25, 0.3) is 0 Å². The minimum atomic E-state index is -0.952. The number of aryl methyl sites for hydroxylation is 1. The molecule has 1 saturated heterocycles. The van der Waals surface area contributed by atoms with Crippen LogP contribution < -0.4 is 0 Å². The smallest absolute Gasteiger partial charge is 0.323 e. The second-order valence-corrected chi connectivity index (χ2v) is 12.6. The average Bonchev–Trinajstić information content (AvgIpc) is 3.57. The zero-order chi connectivity index (χ0) is 29.1. The van der Waals surface area contributed by atoms with E-state index in [0.717, 1.165) is 69.5 Å². The highest BCUT2D eigenvalue weighted by molar-refractivity contribution is 5.86. The first-order chi connectivity index (χ1) is 19.7. The minimum absolute atomic E-state index is 0. The molecule has 1 aliphatic carbocycles. The van der Waals surface area contributed by atoms with E-state index in [2.05, 4.69) is 52.9 Å². The molecular formula is C34H48Cl3FN4O2. The molecule has 0 amide bonds. The van der Waals surface area contributed by atoms with Crippen molar-refractivity contribution in [2.75, 3.05) is 26.7 Å². The van der Waals surface area contributed by atoms with Gasteiger partial charge in [-0.25, -0.2) is 4.39 Å². The van der Waals surface area contributed by atoms with Crippen molar-refractivity contribution in [2.45, 2.75) is 82.8 Å². The molecule has 1 aliphatic heterocycles. The number of hydrogen-bond donors (Lipinski definition) is 1. The molecule has 0 radical (unpaired) electrons. The van der Waals surface area contributed by atoms with Crippen LogP contribution >= 0.6 is 37.2 Å². The number of likely N-dealkylation sites (N-methyl/N-ethyl adjacent to an activating group) is 1. The van der Waals surface area contributed by atoms with E-state index in [1.807, 2.05) is 18.0 Å². The Morgan fingerprint density at radius 2 is 1.70 bits per heavy atom. The highest BCUT2D eigenvalue weighted by Crippen LogP contribution is 2.44. The van der Waals surface area contributed by atoms with Crippen molar-refractivity contribution < 1.29 is 14.3 Å². The van der Waals surface area contributed by atoms with Gasteiger partial charge in [-0.1, -0.05) is 42.5 Å². The summed E-state index contributed by atoms with van der Waals surface area (Å²) >= 11 is 0. The van der Waals surface area contributed by atoms with E-state index in [9.17, 15) is 14.3 Å². The number of benzene rings is 2. The van der Waals surface area contributed by atoms with Gasteiger partial charge in [0.15, 0.2) is 0 Å². The largest absolute Gasteiger partial charge is 0.480 e. The van der Waals surface area contributed by atoms with Crippen molar-refractivity contribution in [3.8, 4) is 0 Å². The molecule has 1 N–H and O–H groups in total. The first-order valence-corrected chi connectivity index (χ1v) is 15.2. The van der Waals surface area contributed by atoms with Gasteiger partial charge in [0.2, 0.25) is 0 Å². The van der Waals surface area contributed by atoms with Crippen LogP contribution in [0.15, 0.2) is 60.7 Å². The quantitative estimate of drug-likeness (QED) is 0.243. The van der Waals surface area contributed by atoms with E-state index in [1.54, 1.807) is 26.0 Å². The van der Waals surface area contributed by atoms with Crippen LogP contribution in [-0.4, -0.2) is 68.9 Å². The molecular weight excluding hydrogens is 622 g/mol. The molecule has 6 nitrogen and oxygen atoms in total. The lowest BCUT2D eigenvalue weighted by atomic mass is 9.87. The number of likely N-dealkylation sites (tertiary alicyclic amines) is 1. The third-order valence-corrected chi connectivity index (χ3v) is 9.79. The Morgan fingerprint density at radius 1 is 1.02 bits per heavy atom. The van der Waals surface area contributed by atoms with E-state index in [1.165, 1.54) is 17.3 Å². The number of piperidine rings is 1. The summed E-state index contributed by atoms with van der Waals surface area (Å²) in [5.74, 6) is 0.0441. The van der Waals surface area contributed by atoms with Crippen LogP contribution in [0.25, 0.3) is 0 Å². The summed E-state index contributed by atoms with van der Waals surface area (Å²) in [7, 11) is 1.93. The second-order valence-electron chi connectivity index (χ2n) is 12.6. The van der Waals surface area contributed by atoms with Crippen molar-refractivity contribution in [3.63, 3.8) is 0 Å². The van der Waals surface area contributed by atoms with Crippen LogP contribution in [0.2, 0.25) is 0 Å². The monoisotopic (exact) mass is 668 g/mol. The maximum absolute atomic E-state index is 14.2. The molecule has 0 spiro atoms. The van der Waals surface area contributed by atoms with Crippen LogP contribution in [0.4, 0.5) is 4.39 Å². The third-order valence-electron chi connectivity index (χ3n) is 9.79. The van der Waals surface area contributed by atoms with E-state index >= 15 is 0 Å². The summed E-state index contributed by atoms with van der Waals surface area (Å²) in [6.07, 6.45) is 4.82. The predicted molar refractivity (Wildman–Crippen MR) is 182 cm³/mol. The Labute approximate surface area is 280 Å². The summed E-state index contributed by atoms with van der Waals surface area (Å²) in [6.45, 7) is 9.61. The van der Waals surface area contributed by atoms with Gasteiger partial charge in [0, 0.05) is 37.2 Å². The minimum Gasteiger partial charge on any atom is -0.480 e. The lowest BCUT2D eigenvalue weighted by Crippen LogP contribution is -2.52. The first kappa shape index (κ1) is 38.0. The van der Waals surface area contributed by atoms with Crippen molar-refractivity contribution in [1.29, 1.82) is 0 Å². The van der Waals surface area contributed by atoms with E-state index in [4.69, 9.17) is 5.10 Å². The van der Waals surface area contributed by atoms with Gasteiger partial charge < -0.3 is 10.0 Å². The normalized spacial score (nSPS) is 20.9. The van der Waals surface area contributed by atoms with Gasteiger partial charge in [0.1, 0.15) is 11.4 Å². The molecule has 1 saturated carbocycles. The van der Waals surface area contributed by atoms with E-state index < -0.39 is 11.5 Å². The second kappa shape index (κ2) is 16.4. The lowest BCUT2D eigenvalue weighted by molar-refractivity contribution is -0.149. The fraction of sp³-hybridized carbons (Fsp3) is 0.529. The van der Waals surface area contributed by atoms with Crippen LogP contribution in [0, 0.1) is 11.7 Å². The number of aliphatic carboxylic acids is 1. The number of hydrogen-bond acceptors (Lipinski definition) is 4. The number of carboxylic acid groups (broad SMARTS) is 1. The molecule has 244 valence electrons. The van der Waals surface area contributed by atoms with Gasteiger partial charge in [-0.05, 0) is 108 Å². The molecule has 10 heteroatoms. The molecule has 2 fully saturated rings. The summed E-state index contributed by atoms with van der Waals surface area (Å²) in [6, 6.07) is 20.0. The van der Waals surface area contributed by atoms with Crippen LogP contribution in [0.3, 0.4) is 0 Å². The Morgan fingerprint density at radius 3 is 2.32 bits per heavy atom. The standard InChI is InChI=1S/C34H45FN4O2.3ClH/c1-5-39-32(21-29(36-39)18-24-10-7-6-8-11-24)25-14-16-38(17-15-25)23-27-20-30(37(4)34(2,3)33(40)41)22-31(27)26-12-9-13-28(35)19-26;;;/h6-13,19,21,25,27,30-31H,5,14-18,20,22-23H2,1-4H3,(H,40,41);3*1H. The maximum Gasteiger partial charge on any atom is 0.323 e. The lowest BCUT2D eigenvalue weighted by Gasteiger charge is -2.37. The molecule has 3 aromatic rings. The average molecular weight is 670 g/mol. The zero-order valence-electron chi connectivity index (χ0n) is 26.2. The molecule has 2 heterocycles. The summed E-state index contributed by atoms with van der Waals surface area (Å²) < 4.78 is 16.4. The zero-order valence-corrected chi connectivity index (χ0v) is 28.6. The van der Waals surface area contributed by atoms with Crippen molar-refractivity contribution in [1.82, 2.24) is 19.6 Å².